The van der Waals surface area contributed by atoms with E-state index in [0.29, 0.717) is 0 Å². The summed E-state index contributed by atoms with van der Waals surface area (Å²) in [6, 6.07) is 0. The van der Waals surface area contributed by atoms with Crippen molar-refractivity contribution in [3.8, 4) is 0 Å². The quantitative estimate of drug-likeness (QED) is 0.402. The molecule has 0 radical (unpaired) electrons. The van der Waals surface area contributed by atoms with Gasteiger partial charge in [-0.2, -0.15) is 0 Å². The van der Waals surface area contributed by atoms with Crippen LogP contribution < -0.4 is 5.32 Å². The Hall–Kier alpha value is -1.61. The maximum absolute atomic E-state index is 11.4. The average molecular weight is 263 g/mol. The molecule has 0 heterocycles. The van der Waals surface area contributed by atoms with E-state index in [1.165, 1.54) is 6.08 Å². The van der Waals surface area contributed by atoms with E-state index in [4.69, 9.17) is 0 Å². The molecule has 2 N–H and O–H groups in total. The van der Waals surface area contributed by atoms with Crippen LogP contribution in [0.5, 0.6) is 0 Å². The summed E-state index contributed by atoms with van der Waals surface area (Å²) in [5.41, 5.74) is -0.870. The van der Waals surface area contributed by atoms with Gasteiger partial charge in [-0.25, -0.2) is 0 Å². The van der Waals surface area contributed by atoms with Crippen molar-refractivity contribution >= 4 is 5.91 Å². The van der Waals surface area contributed by atoms with Crippen LogP contribution in [0.1, 0.15) is 33.6 Å². The van der Waals surface area contributed by atoms with Gasteiger partial charge < -0.3 is 10.4 Å². The number of carbonyl (C=O) groups excluding carboxylic acids is 1. The van der Waals surface area contributed by atoms with E-state index in [1.54, 1.807) is 13.8 Å². The number of nitrogens with one attached hydrogen (secondary N) is 1. The summed E-state index contributed by atoms with van der Waals surface area (Å²) in [6.45, 7) is 5.54. The molecule has 0 aliphatic rings. The van der Waals surface area contributed by atoms with Gasteiger partial charge in [0, 0.05) is 6.54 Å². The van der Waals surface area contributed by atoms with Gasteiger partial charge in [0.25, 0.3) is 0 Å². The molecular formula is C16H25NO2. The van der Waals surface area contributed by atoms with E-state index in [9.17, 15) is 9.90 Å². The highest BCUT2D eigenvalue weighted by molar-refractivity contribution is 5.87. The van der Waals surface area contributed by atoms with Crippen LogP contribution in [0.4, 0.5) is 0 Å². The lowest BCUT2D eigenvalue weighted by atomic mass is 10.1. The third-order valence-corrected chi connectivity index (χ3v) is 2.13. The Morgan fingerprint density at radius 2 is 1.74 bits per heavy atom. The maximum Gasteiger partial charge on any atom is 0.243 e. The second-order valence-electron chi connectivity index (χ2n) is 4.85. The van der Waals surface area contributed by atoms with Crippen LogP contribution in [0, 0.1) is 0 Å². The van der Waals surface area contributed by atoms with Gasteiger partial charge in [-0.3, -0.25) is 4.79 Å². The summed E-state index contributed by atoms with van der Waals surface area (Å²) in [6.07, 6.45) is 17.0. The van der Waals surface area contributed by atoms with Crippen LogP contribution in [0.15, 0.2) is 48.6 Å². The molecule has 0 saturated carbocycles. The topological polar surface area (TPSA) is 49.3 Å². The van der Waals surface area contributed by atoms with E-state index in [-0.39, 0.29) is 12.5 Å². The monoisotopic (exact) mass is 263 g/mol. The molecule has 0 aromatic heterocycles. The fraction of sp³-hybridized carbons (Fsp3) is 0.438. The number of allylic oxidation sites excluding steroid dienone is 7. The van der Waals surface area contributed by atoms with Crippen molar-refractivity contribution in [3.05, 3.63) is 48.6 Å². The van der Waals surface area contributed by atoms with E-state index in [2.05, 4.69) is 11.4 Å². The van der Waals surface area contributed by atoms with Gasteiger partial charge in [-0.15, -0.1) is 0 Å². The van der Waals surface area contributed by atoms with E-state index < -0.39 is 5.60 Å². The van der Waals surface area contributed by atoms with Gasteiger partial charge in [0.05, 0.1) is 5.60 Å². The molecule has 0 aromatic rings. The predicted molar refractivity (Wildman–Crippen MR) is 80.8 cm³/mol. The Labute approximate surface area is 116 Å². The van der Waals surface area contributed by atoms with E-state index in [0.717, 1.165) is 12.8 Å². The van der Waals surface area contributed by atoms with Crippen LogP contribution in [0.2, 0.25) is 0 Å². The first-order valence-corrected chi connectivity index (χ1v) is 6.57. The molecule has 19 heavy (non-hydrogen) atoms. The summed E-state index contributed by atoms with van der Waals surface area (Å²) in [5.74, 6) is -0.168. The lowest BCUT2D eigenvalue weighted by molar-refractivity contribution is -0.117. The van der Waals surface area contributed by atoms with Crippen LogP contribution >= 0.6 is 0 Å². The zero-order valence-corrected chi connectivity index (χ0v) is 12.1. The summed E-state index contributed by atoms with van der Waals surface area (Å²) >= 11 is 0. The van der Waals surface area contributed by atoms with Crippen molar-refractivity contribution in [2.24, 2.45) is 0 Å². The van der Waals surface area contributed by atoms with Crippen LogP contribution in [-0.2, 0) is 4.79 Å². The number of hydrogen-bond donors (Lipinski definition) is 2. The van der Waals surface area contributed by atoms with Gasteiger partial charge in [0.1, 0.15) is 0 Å². The van der Waals surface area contributed by atoms with Gasteiger partial charge in [0.15, 0.2) is 0 Å². The number of amides is 1. The lowest BCUT2D eigenvalue weighted by Gasteiger charge is -2.16. The minimum absolute atomic E-state index is 0.168. The first-order valence-electron chi connectivity index (χ1n) is 6.57. The van der Waals surface area contributed by atoms with Gasteiger partial charge in [0.2, 0.25) is 5.91 Å². The normalized spacial score (nSPS) is 13.3. The first-order chi connectivity index (χ1) is 8.95. The molecule has 106 valence electrons. The third kappa shape index (κ3) is 14.3. The zero-order chi connectivity index (χ0) is 14.6. The van der Waals surface area contributed by atoms with Crippen molar-refractivity contribution in [3.63, 3.8) is 0 Å². The molecule has 3 heteroatoms. The Kier molecular flexibility index (Phi) is 9.45. The highest BCUT2D eigenvalue weighted by atomic mass is 16.3. The van der Waals surface area contributed by atoms with Gasteiger partial charge in [-0.05, 0) is 39.7 Å². The third-order valence-electron chi connectivity index (χ3n) is 2.13. The van der Waals surface area contributed by atoms with Crippen molar-refractivity contribution in [2.75, 3.05) is 6.54 Å². The zero-order valence-electron chi connectivity index (χ0n) is 12.1. The molecule has 0 bridgehead atoms. The minimum atomic E-state index is -0.870. The molecule has 1 amide bonds. The fourth-order valence-corrected chi connectivity index (χ4v) is 1.16. The fourth-order valence-electron chi connectivity index (χ4n) is 1.16. The molecule has 0 unspecified atom stereocenters. The molecule has 0 aliphatic carbocycles. The largest absolute Gasteiger partial charge is 0.389 e. The Morgan fingerprint density at radius 3 is 2.37 bits per heavy atom. The highest BCUT2D eigenvalue weighted by Crippen LogP contribution is 1.97. The summed E-state index contributed by atoms with van der Waals surface area (Å²) in [4.78, 5) is 11.4. The minimum Gasteiger partial charge on any atom is -0.389 e. The van der Waals surface area contributed by atoms with Crippen LogP contribution in [0.25, 0.3) is 0 Å². The van der Waals surface area contributed by atoms with Crippen molar-refractivity contribution in [2.45, 2.75) is 39.2 Å². The molecule has 0 aliphatic heterocycles. The molecule has 0 spiro atoms. The lowest BCUT2D eigenvalue weighted by Crippen LogP contribution is -2.37. The van der Waals surface area contributed by atoms with Crippen molar-refractivity contribution < 1.29 is 9.90 Å². The molecular weight excluding hydrogens is 238 g/mol. The molecule has 0 saturated heterocycles. The number of unbranched alkanes of at least 4 members (excludes halogenated alkanes) is 1. The Bertz CT molecular complexity index is 357. The number of aliphatic hydroxyl groups is 1. The summed E-state index contributed by atoms with van der Waals surface area (Å²) in [7, 11) is 0. The smallest absolute Gasteiger partial charge is 0.243 e. The Balaban J connectivity index is 3.71. The summed E-state index contributed by atoms with van der Waals surface area (Å²) in [5, 5.41) is 12.1. The van der Waals surface area contributed by atoms with Crippen LogP contribution in [-0.4, -0.2) is 23.2 Å². The van der Waals surface area contributed by atoms with Crippen molar-refractivity contribution in [1.29, 1.82) is 0 Å². The number of hydrogen-bond acceptors (Lipinski definition) is 2. The second kappa shape index (κ2) is 10.3. The Morgan fingerprint density at radius 1 is 1.11 bits per heavy atom. The standard InChI is InChI=1S/C16H25NO2/c1-4-5-6-7-8-9-10-11-12-13-15(18)17-14-16(2,3)19/h4-9,12-13,19H,10-11,14H2,1-3H3,(H,17,18)/b5-4+,7-6+,9-8?,13-12?. The van der Waals surface area contributed by atoms with Gasteiger partial charge in [-0.1, -0.05) is 42.5 Å². The number of carbonyl (C=O) groups is 1. The molecule has 0 fully saturated rings. The van der Waals surface area contributed by atoms with Crippen molar-refractivity contribution in [1.82, 2.24) is 5.32 Å². The maximum atomic E-state index is 11.4. The second-order valence-corrected chi connectivity index (χ2v) is 4.85. The molecule has 0 aromatic carbocycles. The molecule has 0 atom stereocenters. The van der Waals surface area contributed by atoms with E-state index >= 15 is 0 Å². The van der Waals surface area contributed by atoms with Crippen LogP contribution in [0.3, 0.4) is 0 Å². The van der Waals surface area contributed by atoms with E-state index in [1.807, 2.05) is 43.4 Å². The molecule has 0 rings (SSSR count). The highest BCUT2D eigenvalue weighted by Gasteiger charge is 2.12. The summed E-state index contributed by atoms with van der Waals surface area (Å²) < 4.78 is 0. The molecule has 3 nitrogen and oxygen atoms in total. The number of rotatable bonds is 8. The van der Waals surface area contributed by atoms with Gasteiger partial charge >= 0.3 is 0 Å². The first kappa shape index (κ1) is 17.4. The SMILES string of the molecule is C/C=C/C=C/C=CCCC=CC(=O)NCC(C)(C)O. The predicted octanol–water partition coefficient (Wildman–Crippen LogP) is 2.90. The average Bonchev–Trinajstić information content (AvgIpc) is 2.33.